The summed E-state index contributed by atoms with van der Waals surface area (Å²) in [7, 11) is -4.11. The van der Waals surface area contributed by atoms with E-state index >= 15 is 0 Å². The van der Waals surface area contributed by atoms with Crippen molar-refractivity contribution in [2.75, 3.05) is 5.32 Å². The molecule has 0 spiro atoms. The average molecular weight is 631 g/mol. The third-order valence-corrected chi connectivity index (χ3v) is 11.4. The Bertz CT molecular complexity index is 1820. The molecule has 2 aromatic carbocycles. The molecule has 2 bridgehead atoms. The number of nitrogens with zero attached hydrogens (tertiary/aromatic N) is 2. The molecule has 0 aliphatic heterocycles. The summed E-state index contributed by atoms with van der Waals surface area (Å²) in [6.07, 6.45) is 4.09. The molecular weight excluding hydrogens is 605 g/mol. The van der Waals surface area contributed by atoms with Crippen LogP contribution in [0.25, 0.3) is 11.4 Å². The van der Waals surface area contributed by atoms with Crippen LogP contribution in [-0.2, 0) is 15.4 Å². The Labute approximate surface area is 250 Å². The number of carbonyl (C=O) groups is 1. The molecule has 2 unspecified atom stereocenters. The Morgan fingerprint density at radius 3 is 2.51 bits per heavy atom. The summed E-state index contributed by atoms with van der Waals surface area (Å²) in [4.78, 5) is 24.5. The molecule has 6 rings (SSSR count). The summed E-state index contributed by atoms with van der Waals surface area (Å²) in [6, 6.07) is 10.3. The van der Waals surface area contributed by atoms with Gasteiger partial charge >= 0.3 is 0 Å². The number of sulfone groups is 1. The van der Waals surface area contributed by atoms with Gasteiger partial charge in [0, 0.05) is 29.6 Å². The van der Waals surface area contributed by atoms with Crippen molar-refractivity contribution in [1.29, 1.82) is 0 Å². The zero-order valence-corrected chi connectivity index (χ0v) is 24.3. The van der Waals surface area contributed by atoms with E-state index in [1.807, 2.05) is 19.1 Å². The zero-order valence-electron chi connectivity index (χ0n) is 22.7. The number of aliphatic hydroxyl groups is 1. The van der Waals surface area contributed by atoms with E-state index in [2.05, 4.69) is 20.3 Å². The molecule has 0 saturated heterocycles. The van der Waals surface area contributed by atoms with E-state index in [0.29, 0.717) is 35.8 Å². The molecule has 43 heavy (non-hydrogen) atoms. The van der Waals surface area contributed by atoms with Crippen molar-refractivity contribution < 1.29 is 31.5 Å². The van der Waals surface area contributed by atoms with Crippen molar-refractivity contribution >= 4 is 33.0 Å². The number of aromatic amines is 1. The van der Waals surface area contributed by atoms with Gasteiger partial charge in [0.15, 0.2) is 27.3 Å². The molecule has 3 N–H and O–H groups in total. The van der Waals surface area contributed by atoms with Crippen molar-refractivity contribution in [1.82, 2.24) is 15.0 Å². The number of aromatic nitrogens is 3. The van der Waals surface area contributed by atoms with Gasteiger partial charge in [-0.15, -0.1) is 0 Å². The summed E-state index contributed by atoms with van der Waals surface area (Å²) < 4.78 is 68.9. The third-order valence-electron chi connectivity index (χ3n) is 8.52. The van der Waals surface area contributed by atoms with Crippen LogP contribution in [0.5, 0.6) is 0 Å². The lowest BCUT2D eigenvalue weighted by Crippen LogP contribution is -2.45. The highest BCUT2D eigenvalue weighted by Crippen LogP contribution is 2.56. The number of rotatable bonds is 6. The molecular formula is C30H26ClF3N4O4S. The average Bonchev–Trinajstić information content (AvgIpc) is 3.55. The van der Waals surface area contributed by atoms with Crippen molar-refractivity contribution in [2.24, 2.45) is 17.8 Å². The van der Waals surface area contributed by atoms with Crippen molar-refractivity contribution in [2.45, 2.75) is 41.9 Å². The van der Waals surface area contributed by atoms with Crippen LogP contribution in [0.15, 0.2) is 65.8 Å². The molecule has 2 fully saturated rings. The number of anilines is 1. The van der Waals surface area contributed by atoms with E-state index in [0.717, 1.165) is 6.07 Å². The van der Waals surface area contributed by atoms with Crippen LogP contribution < -0.4 is 5.32 Å². The number of nitrogens with one attached hydrogen (secondary N) is 2. The lowest BCUT2D eigenvalue weighted by molar-refractivity contribution is -0.0332. The molecule has 4 aromatic rings. The maximum absolute atomic E-state index is 14.1. The summed E-state index contributed by atoms with van der Waals surface area (Å²) >= 11 is 6.37. The summed E-state index contributed by atoms with van der Waals surface area (Å²) in [5, 5.41) is 13.1. The Hall–Kier alpha value is -3.74. The van der Waals surface area contributed by atoms with E-state index in [9.17, 15) is 31.5 Å². The quantitative estimate of drug-likeness (QED) is 0.228. The Balaban J connectivity index is 1.27. The van der Waals surface area contributed by atoms with Gasteiger partial charge in [-0.25, -0.2) is 26.6 Å². The number of benzene rings is 2. The highest BCUT2D eigenvalue weighted by molar-refractivity contribution is 7.92. The Morgan fingerprint density at radius 2 is 1.84 bits per heavy atom. The minimum atomic E-state index is -4.11. The second-order valence-electron chi connectivity index (χ2n) is 11.3. The van der Waals surface area contributed by atoms with Crippen LogP contribution in [0.1, 0.15) is 42.4 Å². The maximum atomic E-state index is 14.1. The van der Waals surface area contributed by atoms with Crippen LogP contribution in [0.3, 0.4) is 0 Å². The van der Waals surface area contributed by atoms with E-state index in [-0.39, 0.29) is 39.9 Å². The van der Waals surface area contributed by atoms with Gasteiger partial charge in [-0.1, -0.05) is 24.6 Å². The predicted molar refractivity (Wildman–Crippen MR) is 152 cm³/mol. The fraction of sp³-hybridized carbons (Fsp3) is 0.300. The number of hydrogen-bond donors (Lipinski definition) is 3. The van der Waals surface area contributed by atoms with Gasteiger partial charge in [0.05, 0.1) is 32.8 Å². The number of pyridine rings is 1. The van der Waals surface area contributed by atoms with E-state index < -0.39 is 55.9 Å². The van der Waals surface area contributed by atoms with Gasteiger partial charge < -0.3 is 15.4 Å². The fourth-order valence-electron chi connectivity index (χ4n) is 6.61. The number of hydrogen-bond acceptors (Lipinski definition) is 6. The lowest BCUT2D eigenvalue weighted by Gasteiger charge is -2.40. The third kappa shape index (κ3) is 5.21. The van der Waals surface area contributed by atoms with Gasteiger partial charge in [-0.2, -0.15) is 0 Å². The van der Waals surface area contributed by atoms with Crippen LogP contribution in [0.4, 0.5) is 18.9 Å². The molecule has 5 atom stereocenters. The van der Waals surface area contributed by atoms with Crippen LogP contribution >= 0.6 is 11.6 Å². The second kappa shape index (κ2) is 10.8. The first-order valence-corrected chi connectivity index (χ1v) is 15.5. The second-order valence-corrected chi connectivity index (χ2v) is 13.8. The number of halogens is 4. The molecule has 0 radical (unpaired) electrons. The summed E-state index contributed by atoms with van der Waals surface area (Å²) in [5.74, 6) is -6.06. The first-order valence-electron chi connectivity index (χ1n) is 13.6. The number of carbonyl (C=O) groups excluding carboxylic acids is 1. The van der Waals surface area contributed by atoms with Crippen molar-refractivity contribution in [3.8, 4) is 11.4 Å². The fourth-order valence-corrected chi connectivity index (χ4v) is 9.51. The van der Waals surface area contributed by atoms with Crippen molar-refractivity contribution in [3.05, 3.63) is 94.8 Å². The molecule has 2 aliphatic rings. The highest BCUT2D eigenvalue weighted by Gasteiger charge is 2.58. The first-order chi connectivity index (χ1) is 20.4. The minimum absolute atomic E-state index is 0.0300. The summed E-state index contributed by atoms with van der Waals surface area (Å²) in [6.45, 7) is 1.95. The molecule has 1 amide bonds. The van der Waals surface area contributed by atoms with E-state index in [1.54, 1.807) is 18.5 Å². The molecule has 2 aromatic heterocycles. The lowest BCUT2D eigenvalue weighted by atomic mass is 9.76. The highest BCUT2D eigenvalue weighted by atomic mass is 35.5. The van der Waals surface area contributed by atoms with Crippen LogP contribution in [0, 0.1) is 35.2 Å². The Kier molecular flexibility index (Phi) is 7.34. The number of imidazole rings is 1. The van der Waals surface area contributed by atoms with Crippen LogP contribution in [0.2, 0.25) is 5.02 Å². The number of H-pyrrole nitrogens is 1. The Morgan fingerprint density at radius 1 is 1.09 bits per heavy atom. The van der Waals surface area contributed by atoms with Gasteiger partial charge in [0.1, 0.15) is 11.4 Å². The zero-order chi connectivity index (χ0) is 30.7. The van der Waals surface area contributed by atoms with Gasteiger partial charge in [0.2, 0.25) is 0 Å². The topological polar surface area (TPSA) is 125 Å². The predicted octanol–water partition coefficient (Wildman–Crippen LogP) is 5.89. The van der Waals surface area contributed by atoms with Gasteiger partial charge in [-0.05, 0) is 67.3 Å². The van der Waals surface area contributed by atoms with Gasteiger partial charge in [-0.3, -0.25) is 9.78 Å². The largest absolute Gasteiger partial charge is 0.382 e. The van der Waals surface area contributed by atoms with Crippen molar-refractivity contribution in [3.63, 3.8) is 0 Å². The normalized spacial score (nSPS) is 25.1. The minimum Gasteiger partial charge on any atom is -0.382 e. The van der Waals surface area contributed by atoms with E-state index in [4.69, 9.17) is 11.6 Å². The SMILES string of the molecule is C[C@H]1CC2C[C@](O)(c3ncc(-c4ccccn4)[nH]3)CC1[C@@H]2S(=O)(=O)c1cc(C(=O)Nc2cc(F)c(F)c(F)c2)ccc1Cl. The summed E-state index contributed by atoms with van der Waals surface area (Å²) in [5.41, 5.74) is -0.565. The van der Waals surface area contributed by atoms with Gasteiger partial charge in [0.25, 0.3) is 5.91 Å². The maximum Gasteiger partial charge on any atom is 0.255 e. The molecule has 2 saturated carbocycles. The van der Waals surface area contributed by atoms with E-state index in [1.165, 1.54) is 12.1 Å². The number of amides is 1. The molecule has 2 heterocycles. The molecule has 224 valence electrons. The van der Waals surface area contributed by atoms with Crippen LogP contribution in [-0.4, -0.2) is 39.6 Å². The smallest absolute Gasteiger partial charge is 0.255 e. The monoisotopic (exact) mass is 630 g/mol. The molecule has 8 nitrogen and oxygen atoms in total. The number of fused-ring (bicyclic) bond motifs is 2. The molecule has 13 heteroatoms. The standard InChI is InChI=1S/C30H26ClF3N4O4S/c1-15-8-17-12-30(40,29-36-14-24(38-29)23-4-2-3-7-35-23)13-19(15)27(17)43(41,42)25-9-16(5-6-20(25)31)28(39)37-18-10-21(32)26(34)22(33)11-18/h2-7,9-11,14-15,17,19,27,40H,8,12-13H2,1H3,(H,36,38)(H,37,39)/t15-,17?,19?,27+,30+/m0/s1. The molecule has 2 aliphatic carbocycles. The first kappa shape index (κ1) is 29.3.